The molecule has 3 heterocycles. The second kappa shape index (κ2) is 7.72. The smallest absolute Gasteiger partial charge is 0.227 e. The quantitative estimate of drug-likeness (QED) is 0.290. The molecule has 1 aliphatic heterocycles. The van der Waals surface area contributed by atoms with Crippen LogP contribution in [0.4, 0.5) is 5.69 Å². The summed E-state index contributed by atoms with van der Waals surface area (Å²) in [6.45, 7) is 4.54. The van der Waals surface area contributed by atoms with E-state index in [1.165, 1.54) is 22.4 Å². The molecule has 0 radical (unpaired) electrons. The lowest BCUT2D eigenvalue weighted by Crippen LogP contribution is -2.31. The third kappa shape index (κ3) is 3.09. The highest BCUT2D eigenvalue weighted by Crippen LogP contribution is 2.55. The van der Waals surface area contributed by atoms with Gasteiger partial charge >= 0.3 is 0 Å². The number of rotatable bonds is 3. The highest BCUT2D eigenvalue weighted by atomic mass is 32.2. The fourth-order valence-electron chi connectivity index (χ4n) is 4.90. The van der Waals surface area contributed by atoms with Crippen molar-refractivity contribution in [1.82, 2.24) is 4.98 Å². The van der Waals surface area contributed by atoms with Crippen molar-refractivity contribution in [2.75, 3.05) is 4.90 Å². The lowest BCUT2D eigenvalue weighted by atomic mass is 10.0. The van der Waals surface area contributed by atoms with E-state index in [2.05, 4.69) is 103 Å². The number of fused-ring (bicyclic) bond motifs is 3. The molecule has 0 N–H and O–H groups in total. The average molecular weight is 437 g/mol. The molecule has 2 unspecified atom stereocenters. The zero-order valence-electron chi connectivity index (χ0n) is 18.1. The maximum Gasteiger partial charge on any atom is 0.227 e. The van der Waals surface area contributed by atoms with Gasteiger partial charge in [0.25, 0.3) is 0 Å². The van der Waals surface area contributed by atoms with Crippen LogP contribution < -0.4 is 4.90 Å². The summed E-state index contributed by atoms with van der Waals surface area (Å²) in [6.07, 6.45) is 1.79. The van der Waals surface area contributed by atoms with Crippen molar-refractivity contribution in [2.45, 2.75) is 30.5 Å². The molecule has 158 valence electrons. The third-order valence-corrected chi connectivity index (χ3v) is 8.18. The summed E-state index contributed by atoms with van der Waals surface area (Å²) in [5.74, 6) is 0. The van der Waals surface area contributed by atoms with E-state index in [1.54, 1.807) is 6.20 Å². The van der Waals surface area contributed by atoms with E-state index >= 15 is 0 Å². The minimum atomic E-state index is 0.240. The van der Waals surface area contributed by atoms with E-state index in [9.17, 15) is 0 Å². The van der Waals surface area contributed by atoms with Gasteiger partial charge in [-0.25, -0.2) is 4.98 Å². The minimum Gasteiger partial charge on any atom is -0.438 e. The largest absolute Gasteiger partial charge is 0.438 e. The average Bonchev–Trinajstić information content (AvgIpc) is 3.36. The molecular weight excluding hydrogens is 412 g/mol. The van der Waals surface area contributed by atoms with Crippen LogP contribution in [-0.4, -0.2) is 11.0 Å². The molecule has 1 aliphatic rings. The highest BCUT2D eigenvalue weighted by Gasteiger charge is 2.41. The lowest BCUT2D eigenvalue weighted by Gasteiger charge is -2.32. The van der Waals surface area contributed by atoms with Crippen LogP contribution in [0.3, 0.4) is 0 Å². The van der Waals surface area contributed by atoms with Gasteiger partial charge in [0.2, 0.25) is 5.71 Å². The van der Waals surface area contributed by atoms with Crippen LogP contribution in [0.5, 0.6) is 0 Å². The second-order valence-electron chi connectivity index (χ2n) is 8.47. The summed E-state index contributed by atoms with van der Waals surface area (Å²) in [5.41, 5.74) is 6.79. The standard InChI is InChI=1S/C28H24N2OS/c1-18-16-25-23(22-14-9-15-29-27(22)31-25)17-24(18)30-19(2)26(20-10-5-3-6-11-20)32-28(30)21-12-7-4-8-13-21/h3-17,19,26,28H,1-2H3/t19-,26?,28?/m0/s1. The molecule has 3 aromatic carbocycles. The summed E-state index contributed by atoms with van der Waals surface area (Å²) in [6, 6.07) is 30.6. The van der Waals surface area contributed by atoms with Crippen molar-refractivity contribution >= 4 is 39.5 Å². The van der Waals surface area contributed by atoms with E-state index in [4.69, 9.17) is 4.42 Å². The molecule has 0 bridgehead atoms. The molecule has 0 spiro atoms. The Morgan fingerprint density at radius 1 is 0.844 bits per heavy atom. The number of anilines is 1. The molecule has 0 amide bonds. The van der Waals surface area contributed by atoms with Gasteiger partial charge in [0, 0.05) is 28.7 Å². The number of pyridine rings is 1. The van der Waals surface area contributed by atoms with Gasteiger partial charge in [0.1, 0.15) is 11.0 Å². The number of aryl methyl sites for hydroxylation is 1. The Bertz CT molecular complexity index is 1400. The molecule has 0 aliphatic carbocycles. The molecule has 4 heteroatoms. The lowest BCUT2D eigenvalue weighted by molar-refractivity contribution is 0.647. The topological polar surface area (TPSA) is 29.3 Å². The predicted molar refractivity (Wildman–Crippen MR) is 134 cm³/mol. The molecule has 5 aromatic rings. The molecule has 0 saturated carbocycles. The van der Waals surface area contributed by atoms with Gasteiger partial charge in [-0.15, -0.1) is 11.8 Å². The number of benzene rings is 3. The van der Waals surface area contributed by atoms with Crippen LogP contribution in [-0.2, 0) is 0 Å². The number of nitrogens with zero attached hydrogens (tertiary/aromatic N) is 2. The van der Waals surface area contributed by atoms with Gasteiger partial charge in [0.05, 0.1) is 5.25 Å². The van der Waals surface area contributed by atoms with E-state index in [1.807, 2.05) is 17.8 Å². The normalized spacial score (nSPS) is 20.9. The fraction of sp³-hybridized carbons (Fsp3) is 0.179. The molecule has 3 atom stereocenters. The van der Waals surface area contributed by atoms with Gasteiger partial charge in [-0.05, 0) is 54.8 Å². The summed E-state index contributed by atoms with van der Waals surface area (Å²) >= 11 is 2.04. The summed E-state index contributed by atoms with van der Waals surface area (Å²) in [5, 5.41) is 2.82. The second-order valence-corrected chi connectivity index (χ2v) is 9.70. The highest BCUT2D eigenvalue weighted by molar-refractivity contribution is 8.00. The first-order chi connectivity index (χ1) is 15.7. The molecule has 2 aromatic heterocycles. The Morgan fingerprint density at radius 3 is 2.31 bits per heavy atom. The van der Waals surface area contributed by atoms with Crippen LogP contribution in [0.2, 0.25) is 0 Å². The van der Waals surface area contributed by atoms with Crippen LogP contribution in [0.25, 0.3) is 22.1 Å². The van der Waals surface area contributed by atoms with Crippen molar-refractivity contribution in [3.63, 3.8) is 0 Å². The summed E-state index contributed by atoms with van der Waals surface area (Å²) < 4.78 is 6.04. The first-order valence-electron chi connectivity index (χ1n) is 11.0. The Morgan fingerprint density at radius 2 is 1.56 bits per heavy atom. The summed E-state index contributed by atoms with van der Waals surface area (Å²) in [4.78, 5) is 7.02. The van der Waals surface area contributed by atoms with Crippen molar-refractivity contribution in [3.8, 4) is 0 Å². The van der Waals surface area contributed by atoms with Gasteiger partial charge in [0.15, 0.2) is 0 Å². The van der Waals surface area contributed by atoms with E-state index in [0.29, 0.717) is 17.0 Å². The Balaban J connectivity index is 1.53. The molecule has 3 nitrogen and oxygen atoms in total. The molecular formula is C28H24N2OS. The first kappa shape index (κ1) is 19.4. The monoisotopic (exact) mass is 436 g/mol. The molecule has 1 saturated heterocycles. The maximum absolute atomic E-state index is 6.04. The Labute approximate surface area is 192 Å². The van der Waals surface area contributed by atoms with Crippen molar-refractivity contribution in [2.24, 2.45) is 0 Å². The molecule has 1 fully saturated rings. The van der Waals surface area contributed by atoms with E-state index in [-0.39, 0.29) is 5.37 Å². The van der Waals surface area contributed by atoms with Crippen molar-refractivity contribution < 1.29 is 4.42 Å². The van der Waals surface area contributed by atoms with E-state index in [0.717, 1.165) is 16.4 Å². The number of hydrogen-bond donors (Lipinski definition) is 0. The van der Waals surface area contributed by atoms with Crippen LogP contribution in [0, 0.1) is 6.92 Å². The molecule has 32 heavy (non-hydrogen) atoms. The van der Waals surface area contributed by atoms with Crippen LogP contribution >= 0.6 is 11.8 Å². The summed E-state index contributed by atoms with van der Waals surface area (Å²) in [7, 11) is 0. The maximum atomic E-state index is 6.04. The van der Waals surface area contributed by atoms with Gasteiger partial charge in [-0.1, -0.05) is 60.7 Å². The van der Waals surface area contributed by atoms with Crippen molar-refractivity contribution in [3.05, 3.63) is 108 Å². The molecule has 6 rings (SSSR count). The number of aromatic nitrogens is 1. The fourth-order valence-corrected chi connectivity index (χ4v) is 6.61. The third-order valence-electron chi connectivity index (χ3n) is 6.46. The van der Waals surface area contributed by atoms with Crippen LogP contribution in [0.1, 0.15) is 34.2 Å². The number of thioether (sulfide) groups is 1. The van der Waals surface area contributed by atoms with Crippen molar-refractivity contribution in [1.29, 1.82) is 0 Å². The zero-order valence-corrected chi connectivity index (χ0v) is 18.9. The Hall–Kier alpha value is -3.24. The predicted octanol–water partition coefficient (Wildman–Crippen LogP) is 7.67. The number of furan rings is 1. The van der Waals surface area contributed by atoms with Gasteiger partial charge in [-0.2, -0.15) is 0 Å². The first-order valence-corrected chi connectivity index (χ1v) is 12.0. The van der Waals surface area contributed by atoms with Crippen LogP contribution in [0.15, 0.2) is 95.5 Å². The number of hydrogen-bond acceptors (Lipinski definition) is 4. The van der Waals surface area contributed by atoms with Gasteiger partial charge in [-0.3, -0.25) is 0 Å². The Kier molecular flexibility index (Phi) is 4.69. The zero-order chi connectivity index (χ0) is 21.7. The SMILES string of the molecule is Cc1cc2oc3ncccc3c2cc1N1C(c2ccccc2)SC(c2ccccc2)[C@@H]1C. The minimum absolute atomic E-state index is 0.240. The van der Waals surface area contributed by atoms with E-state index < -0.39 is 0 Å². The van der Waals surface area contributed by atoms with Gasteiger partial charge < -0.3 is 9.32 Å².